The first-order valence-corrected chi connectivity index (χ1v) is 8.68. The zero-order valence-electron chi connectivity index (χ0n) is 13.2. The van der Waals surface area contributed by atoms with Gasteiger partial charge in [-0.3, -0.25) is 4.90 Å². The molecule has 0 atom stereocenters. The van der Waals surface area contributed by atoms with Gasteiger partial charge in [-0.05, 0) is 30.3 Å². The van der Waals surface area contributed by atoms with E-state index in [0.717, 1.165) is 23.2 Å². The summed E-state index contributed by atoms with van der Waals surface area (Å²) in [7, 11) is 0. The van der Waals surface area contributed by atoms with Gasteiger partial charge in [-0.25, -0.2) is 9.18 Å². The molecule has 0 spiro atoms. The molecule has 0 radical (unpaired) electrons. The maximum absolute atomic E-state index is 13.7. The fourth-order valence-corrected chi connectivity index (χ4v) is 2.98. The average molecular weight is 392 g/mol. The molecule has 1 aliphatic rings. The van der Waals surface area contributed by atoms with Gasteiger partial charge in [0.05, 0.1) is 0 Å². The Balaban J connectivity index is 1.50. The van der Waals surface area contributed by atoms with E-state index in [-0.39, 0.29) is 11.8 Å². The second-order valence-corrected chi connectivity index (χ2v) is 6.71. The highest BCUT2D eigenvalue weighted by atomic mass is 79.9. The summed E-state index contributed by atoms with van der Waals surface area (Å²) in [6, 6.07) is 14.2. The van der Waals surface area contributed by atoms with Gasteiger partial charge >= 0.3 is 6.03 Å². The van der Waals surface area contributed by atoms with Gasteiger partial charge in [-0.1, -0.05) is 34.1 Å². The Labute approximate surface area is 149 Å². The minimum absolute atomic E-state index is 0.0946. The lowest BCUT2D eigenvalue weighted by atomic mass is 10.2. The van der Waals surface area contributed by atoms with Gasteiger partial charge in [-0.15, -0.1) is 0 Å². The molecule has 4 nitrogen and oxygen atoms in total. The topological polar surface area (TPSA) is 35.6 Å². The quantitative estimate of drug-likeness (QED) is 0.859. The number of benzene rings is 2. The molecule has 0 saturated carbocycles. The Kier molecular flexibility index (Phi) is 5.48. The predicted molar refractivity (Wildman–Crippen MR) is 96.4 cm³/mol. The van der Waals surface area contributed by atoms with Gasteiger partial charge in [0.1, 0.15) is 5.82 Å². The first-order valence-electron chi connectivity index (χ1n) is 7.89. The largest absolute Gasteiger partial charge is 0.322 e. The molecule has 1 fully saturated rings. The fraction of sp³-hybridized carbons (Fsp3) is 0.278. The molecular formula is C18H19BrFN3O. The third-order valence-corrected chi connectivity index (χ3v) is 4.64. The number of nitrogens with zero attached hydrogens (tertiary/aromatic N) is 2. The van der Waals surface area contributed by atoms with Crippen molar-refractivity contribution in [2.75, 3.05) is 31.5 Å². The molecule has 6 heteroatoms. The van der Waals surface area contributed by atoms with Gasteiger partial charge < -0.3 is 10.2 Å². The molecule has 0 aliphatic carbocycles. The molecular weight excluding hydrogens is 373 g/mol. The Hall–Kier alpha value is -1.92. The summed E-state index contributed by atoms with van der Waals surface area (Å²) in [5.74, 6) is -0.173. The van der Waals surface area contributed by atoms with E-state index in [9.17, 15) is 9.18 Å². The monoisotopic (exact) mass is 391 g/mol. The van der Waals surface area contributed by atoms with Crippen LogP contribution in [0, 0.1) is 5.82 Å². The maximum Gasteiger partial charge on any atom is 0.321 e. The first kappa shape index (κ1) is 16.9. The van der Waals surface area contributed by atoms with Crippen molar-refractivity contribution < 1.29 is 9.18 Å². The summed E-state index contributed by atoms with van der Waals surface area (Å²) in [6.45, 7) is 3.33. The molecule has 2 amide bonds. The van der Waals surface area contributed by atoms with Gasteiger partial charge in [-0.2, -0.15) is 0 Å². The summed E-state index contributed by atoms with van der Waals surface area (Å²) >= 11 is 3.37. The number of anilines is 1. The van der Waals surface area contributed by atoms with Crippen LogP contribution in [0.1, 0.15) is 5.56 Å². The lowest BCUT2D eigenvalue weighted by Crippen LogP contribution is -2.49. The Bertz CT molecular complexity index is 700. The highest BCUT2D eigenvalue weighted by Crippen LogP contribution is 2.16. The van der Waals surface area contributed by atoms with E-state index in [2.05, 4.69) is 26.1 Å². The maximum atomic E-state index is 13.7. The molecule has 0 bridgehead atoms. The van der Waals surface area contributed by atoms with Crippen LogP contribution in [0.5, 0.6) is 0 Å². The summed E-state index contributed by atoms with van der Waals surface area (Å²) in [4.78, 5) is 16.3. The van der Waals surface area contributed by atoms with Gasteiger partial charge in [0.2, 0.25) is 0 Å². The summed E-state index contributed by atoms with van der Waals surface area (Å²) < 4.78 is 14.7. The highest BCUT2D eigenvalue weighted by Gasteiger charge is 2.21. The standard InChI is InChI=1S/C18H19BrFN3O/c19-15-5-7-16(8-6-15)21-18(24)23-11-9-22(10-12-23)13-14-3-1-2-4-17(14)20/h1-8H,9-13H2,(H,21,24). The minimum Gasteiger partial charge on any atom is -0.322 e. The average Bonchev–Trinajstić information content (AvgIpc) is 2.59. The van der Waals surface area contributed by atoms with Crippen molar-refractivity contribution in [3.63, 3.8) is 0 Å². The van der Waals surface area contributed by atoms with Crippen LogP contribution in [0.15, 0.2) is 53.0 Å². The van der Waals surface area contributed by atoms with Crippen LogP contribution in [-0.4, -0.2) is 42.0 Å². The molecule has 126 valence electrons. The van der Waals surface area contributed by atoms with Crippen molar-refractivity contribution in [3.05, 3.63) is 64.4 Å². The number of nitrogens with one attached hydrogen (secondary N) is 1. The van der Waals surface area contributed by atoms with E-state index in [1.54, 1.807) is 11.0 Å². The molecule has 2 aromatic rings. The van der Waals surface area contributed by atoms with Crippen LogP contribution in [0.4, 0.5) is 14.9 Å². The molecule has 3 rings (SSSR count). The Morgan fingerprint density at radius 2 is 1.71 bits per heavy atom. The number of hydrogen-bond acceptors (Lipinski definition) is 2. The van der Waals surface area contributed by atoms with E-state index >= 15 is 0 Å². The number of rotatable bonds is 3. The second kappa shape index (κ2) is 7.77. The van der Waals surface area contributed by atoms with Crippen molar-refractivity contribution in [2.24, 2.45) is 0 Å². The predicted octanol–water partition coefficient (Wildman–Crippen LogP) is 3.94. The second-order valence-electron chi connectivity index (χ2n) is 5.79. The van der Waals surface area contributed by atoms with Gasteiger partial charge in [0, 0.05) is 48.4 Å². The summed E-state index contributed by atoms with van der Waals surface area (Å²) in [6.07, 6.45) is 0. The minimum atomic E-state index is -0.173. The van der Waals surface area contributed by atoms with Crippen LogP contribution in [0.25, 0.3) is 0 Å². The van der Waals surface area contributed by atoms with Crippen molar-refractivity contribution in [3.8, 4) is 0 Å². The molecule has 0 unspecified atom stereocenters. The van der Waals surface area contributed by atoms with Crippen molar-refractivity contribution in [1.29, 1.82) is 0 Å². The zero-order chi connectivity index (χ0) is 16.9. The van der Waals surface area contributed by atoms with Gasteiger partial charge in [0.25, 0.3) is 0 Å². The first-order chi connectivity index (χ1) is 11.6. The molecule has 1 heterocycles. The van der Waals surface area contributed by atoms with Crippen LogP contribution in [-0.2, 0) is 6.54 Å². The van der Waals surface area contributed by atoms with Crippen molar-refractivity contribution in [1.82, 2.24) is 9.80 Å². The molecule has 1 saturated heterocycles. The molecule has 1 aliphatic heterocycles. The summed E-state index contributed by atoms with van der Waals surface area (Å²) in [5, 5.41) is 2.90. The Morgan fingerprint density at radius 3 is 2.38 bits per heavy atom. The van der Waals surface area contributed by atoms with E-state index in [0.29, 0.717) is 25.2 Å². The van der Waals surface area contributed by atoms with Crippen LogP contribution < -0.4 is 5.32 Å². The lowest BCUT2D eigenvalue weighted by Gasteiger charge is -2.34. The SMILES string of the molecule is O=C(Nc1ccc(Br)cc1)N1CCN(Cc2ccccc2F)CC1. The molecule has 24 heavy (non-hydrogen) atoms. The molecule has 2 aromatic carbocycles. The van der Waals surface area contributed by atoms with Gasteiger partial charge in [0.15, 0.2) is 0 Å². The van der Waals surface area contributed by atoms with Crippen LogP contribution in [0.2, 0.25) is 0 Å². The smallest absolute Gasteiger partial charge is 0.321 e. The number of carbonyl (C=O) groups excluding carboxylic acids is 1. The van der Waals surface area contributed by atoms with Crippen molar-refractivity contribution in [2.45, 2.75) is 6.54 Å². The van der Waals surface area contributed by atoms with Crippen LogP contribution >= 0.6 is 15.9 Å². The number of piperazine rings is 1. The normalized spacial score (nSPS) is 15.3. The third kappa shape index (κ3) is 4.33. The number of carbonyl (C=O) groups is 1. The van der Waals surface area contributed by atoms with E-state index in [1.807, 2.05) is 36.4 Å². The number of hydrogen-bond donors (Lipinski definition) is 1. The van der Waals surface area contributed by atoms with E-state index in [4.69, 9.17) is 0 Å². The Morgan fingerprint density at radius 1 is 1.04 bits per heavy atom. The third-order valence-electron chi connectivity index (χ3n) is 4.11. The van der Waals surface area contributed by atoms with Crippen LogP contribution in [0.3, 0.4) is 0 Å². The number of urea groups is 1. The van der Waals surface area contributed by atoms with Crippen molar-refractivity contribution >= 4 is 27.6 Å². The lowest BCUT2D eigenvalue weighted by molar-refractivity contribution is 0.142. The highest BCUT2D eigenvalue weighted by molar-refractivity contribution is 9.10. The molecule has 0 aromatic heterocycles. The zero-order valence-corrected chi connectivity index (χ0v) is 14.8. The number of halogens is 2. The fourth-order valence-electron chi connectivity index (χ4n) is 2.71. The number of amides is 2. The van der Waals surface area contributed by atoms with E-state index < -0.39 is 0 Å². The molecule has 1 N–H and O–H groups in total. The van der Waals surface area contributed by atoms with E-state index in [1.165, 1.54) is 6.07 Å². The summed E-state index contributed by atoms with van der Waals surface area (Å²) in [5.41, 5.74) is 1.47.